The summed E-state index contributed by atoms with van der Waals surface area (Å²) in [5.74, 6) is 0. The van der Waals surface area contributed by atoms with Crippen LogP contribution in [-0.4, -0.2) is 27.9 Å². The van der Waals surface area contributed by atoms with Gasteiger partial charge in [-0.15, -0.1) is 0 Å². The molecule has 0 fully saturated rings. The van der Waals surface area contributed by atoms with Gasteiger partial charge in [0.1, 0.15) is 0 Å². The highest BCUT2D eigenvalue weighted by molar-refractivity contribution is 5.50. The molecule has 0 aliphatic rings. The first-order valence-electron chi connectivity index (χ1n) is 9.87. The Balaban J connectivity index is 2.32. The minimum absolute atomic E-state index is 0.257. The summed E-state index contributed by atoms with van der Waals surface area (Å²) in [6.45, 7) is 2.48. The summed E-state index contributed by atoms with van der Waals surface area (Å²) < 4.78 is 0. The Morgan fingerprint density at radius 1 is 0.960 bits per heavy atom. The predicted molar refractivity (Wildman–Crippen MR) is 107 cm³/mol. The molecule has 0 radical (unpaired) electrons. The van der Waals surface area contributed by atoms with Crippen LogP contribution >= 0.6 is 0 Å². The maximum absolute atomic E-state index is 10.1. The van der Waals surface area contributed by atoms with Crippen molar-refractivity contribution in [3.8, 4) is 0 Å². The Hall–Kier alpha value is -1.45. The van der Waals surface area contributed by atoms with Crippen LogP contribution in [0.5, 0.6) is 0 Å². The van der Waals surface area contributed by atoms with E-state index in [4.69, 9.17) is 5.11 Å². The number of nitrogens with zero attached hydrogens (tertiary/aromatic N) is 1. The van der Waals surface area contributed by atoms with Crippen LogP contribution in [0.2, 0.25) is 0 Å². The molecule has 25 heavy (non-hydrogen) atoms. The lowest BCUT2D eigenvalue weighted by Crippen LogP contribution is -2.01. The molecule has 1 aromatic rings. The monoisotopic (exact) mass is 345 g/mol. The van der Waals surface area contributed by atoms with Gasteiger partial charge in [0.25, 0.3) is 0 Å². The van der Waals surface area contributed by atoms with Crippen LogP contribution in [0, 0.1) is 0 Å². The molecule has 1 rings (SSSR count). The van der Waals surface area contributed by atoms with Gasteiger partial charge in [-0.1, -0.05) is 63.7 Å². The number of hydrogen-bond donors (Lipinski definition) is 2. The number of allylic oxidation sites excluding steroid dienone is 1. The van der Waals surface area contributed by atoms with Gasteiger partial charge in [-0.3, -0.25) is 0 Å². The minimum Gasteiger partial charge on any atom is -0.396 e. The molecule has 0 aromatic carbocycles. The molecule has 0 saturated heterocycles. The van der Waals surface area contributed by atoms with Crippen LogP contribution in [0.4, 0.5) is 0 Å². The molecule has 0 aliphatic heterocycles. The summed E-state index contributed by atoms with van der Waals surface area (Å²) in [4.78, 5) is 4.56. The Morgan fingerprint density at radius 3 is 2.44 bits per heavy atom. The fourth-order valence-corrected chi connectivity index (χ4v) is 2.67. The van der Waals surface area contributed by atoms with Gasteiger partial charge in [0.15, 0.2) is 0 Å². The number of aliphatic hydroxyl groups is 2. The molecule has 0 amide bonds. The van der Waals surface area contributed by atoms with E-state index in [2.05, 4.69) is 18.0 Å². The zero-order valence-electron chi connectivity index (χ0n) is 15.7. The standard InChI is InChI=1S/C22H35NO2/c1-2-3-4-5-6-10-16-22(25)18-17-21-15-12-14-20(23-21)13-9-7-8-11-19-24/h9,12-15,17-18,22,24-25H,2-8,10-11,16,19H2,1H3/b13-9+,18-17+. The van der Waals surface area contributed by atoms with E-state index in [1.54, 1.807) is 0 Å². The van der Waals surface area contributed by atoms with E-state index >= 15 is 0 Å². The summed E-state index contributed by atoms with van der Waals surface area (Å²) in [6.07, 6.45) is 18.6. The number of unbranched alkanes of at least 4 members (excludes halogenated alkanes) is 7. The smallest absolute Gasteiger partial charge is 0.0724 e. The first-order valence-corrected chi connectivity index (χ1v) is 9.87. The molecular weight excluding hydrogens is 310 g/mol. The number of aromatic nitrogens is 1. The molecule has 140 valence electrons. The Kier molecular flexibility index (Phi) is 12.8. The third-order valence-electron chi connectivity index (χ3n) is 4.20. The number of aliphatic hydroxyl groups excluding tert-OH is 2. The second-order valence-electron chi connectivity index (χ2n) is 6.59. The summed E-state index contributed by atoms with van der Waals surface area (Å²) in [5, 5.41) is 18.8. The molecule has 1 aromatic heterocycles. The van der Waals surface area contributed by atoms with Crippen LogP contribution in [0.25, 0.3) is 12.2 Å². The average molecular weight is 346 g/mol. The van der Waals surface area contributed by atoms with E-state index in [-0.39, 0.29) is 12.7 Å². The first kappa shape index (κ1) is 21.6. The normalized spacial score (nSPS) is 13.1. The highest BCUT2D eigenvalue weighted by Crippen LogP contribution is 2.11. The molecule has 2 N–H and O–H groups in total. The van der Waals surface area contributed by atoms with Gasteiger partial charge >= 0.3 is 0 Å². The van der Waals surface area contributed by atoms with Crippen molar-refractivity contribution < 1.29 is 10.2 Å². The maximum Gasteiger partial charge on any atom is 0.0724 e. The number of rotatable bonds is 14. The van der Waals surface area contributed by atoms with Crippen LogP contribution < -0.4 is 0 Å². The largest absolute Gasteiger partial charge is 0.396 e. The van der Waals surface area contributed by atoms with Crippen molar-refractivity contribution in [3.05, 3.63) is 41.7 Å². The summed E-state index contributed by atoms with van der Waals surface area (Å²) >= 11 is 0. The van der Waals surface area contributed by atoms with Crippen molar-refractivity contribution in [2.45, 2.75) is 77.2 Å². The highest BCUT2D eigenvalue weighted by atomic mass is 16.3. The van der Waals surface area contributed by atoms with E-state index in [9.17, 15) is 5.11 Å². The van der Waals surface area contributed by atoms with Crippen LogP contribution in [0.1, 0.15) is 82.5 Å². The van der Waals surface area contributed by atoms with Crippen LogP contribution in [0.15, 0.2) is 30.4 Å². The van der Waals surface area contributed by atoms with Gasteiger partial charge in [-0.25, -0.2) is 4.98 Å². The fraction of sp³-hybridized carbons (Fsp3) is 0.591. The zero-order valence-corrected chi connectivity index (χ0v) is 15.7. The van der Waals surface area contributed by atoms with E-state index in [1.165, 1.54) is 32.1 Å². The lowest BCUT2D eigenvalue weighted by molar-refractivity contribution is 0.208. The summed E-state index contributed by atoms with van der Waals surface area (Å²) in [5.41, 5.74) is 1.80. The zero-order chi connectivity index (χ0) is 18.2. The van der Waals surface area contributed by atoms with Gasteiger partial charge in [0, 0.05) is 6.61 Å². The molecule has 3 nitrogen and oxygen atoms in total. The van der Waals surface area contributed by atoms with Gasteiger partial charge in [-0.2, -0.15) is 0 Å². The van der Waals surface area contributed by atoms with Crippen LogP contribution in [-0.2, 0) is 0 Å². The van der Waals surface area contributed by atoms with Crippen molar-refractivity contribution in [1.29, 1.82) is 0 Å². The molecule has 1 atom stereocenters. The summed E-state index contributed by atoms with van der Waals surface area (Å²) in [7, 11) is 0. The molecule has 3 heteroatoms. The Morgan fingerprint density at radius 2 is 1.68 bits per heavy atom. The second kappa shape index (κ2) is 14.9. The third kappa shape index (κ3) is 11.7. The lowest BCUT2D eigenvalue weighted by Gasteiger charge is -2.05. The van der Waals surface area contributed by atoms with Crippen molar-refractivity contribution in [2.75, 3.05) is 6.61 Å². The number of hydrogen-bond acceptors (Lipinski definition) is 3. The van der Waals surface area contributed by atoms with E-state index in [1.807, 2.05) is 36.4 Å². The fourth-order valence-electron chi connectivity index (χ4n) is 2.67. The predicted octanol–water partition coefficient (Wildman–Crippen LogP) is 5.38. The Bertz CT molecular complexity index is 497. The molecule has 1 heterocycles. The SMILES string of the molecule is CCCCCCCCC(O)/C=C/c1cccc(/C=C/CCCCO)n1. The molecule has 0 bridgehead atoms. The van der Waals surface area contributed by atoms with Gasteiger partial charge in [0.2, 0.25) is 0 Å². The van der Waals surface area contributed by atoms with E-state index < -0.39 is 0 Å². The van der Waals surface area contributed by atoms with Crippen molar-refractivity contribution in [3.63, 3.8) is 0 Å². The lowest BCUT2D eigenvalue weighted by atomic mass is 10.1. The maximum atomic E-state index is 10.1. The quantitative estimate of drug-likeness (QED) is 0.445. The van der Waals surface area contributed by atoms with Crippen LogP contribution in [0.3, 0.4) is 0 Å². The van der Waals surface area contributed by atoms with E-state index in [0.29, 0.717) is 0 Å². The highest BCUT2D eigenvalue weighted by Gasteiger charge is 2.00. The third-order valence-corrected chi connectivity index (χ3v) is 4.20. The average Bonchev–Trinajstić information content (AvgIpc) is 2.63. The van der Waals surface area contributed by atoms with E-state index in [0.717, 1.165) is 43.5 Å². The summed E-state index contributed by atoms with van der Waals surface area (Å²) in [6, 6.07) is 5.92. The second-order valence-corrected chi connectivity index (χ2v) is 6.59. The topological polar surface area (TPSA) is 53.4 Å². The Labute approximate surface area is 153 Å². The van der Waals surface area contributed by atoms with Gasteiger partial charge < -0.3 is 10.2 Å². The molecule has 0 aliphatic carbocycles. The number of pyridine rings is 1. The molecule has 1 unspecified atom stereocenters. The van der Waals surface area contributed by atoms with Gasteiger partial charge in [-0.05, 0) is 50.0 Å². The van der Waals surface area contributed by atoms with Crippen molar-refractivity contribution in [2.24, 2.45) is 0 Å². The van der Waals surface area contributed by atoms with Crippen molar-refractivity contribution >= 4 is 12.2 Å². The van der Waals surface area contributed by atoms with Crippen molar-refractivity contribution in [1.82, 2.24) is 4.98 Å². The minimum atomic E-state index is -0.384. The first-order chi connectivity index (χ1) is 12.3. The van der Waals surface area contributed by atoms with Gasteiger partial charge in [0.05, 0.1) is 17.5 Å². The molecule has 0 saturated carbocycles. The molecular formula is C22H35NO2. The molecule has 0 spiro atoms.